The molecule has 1 atom stereocenters. The maximum Gasteiger partial charge on any atom is 0.321 e. The zero-order valence-corrected chi connectivity index (χ0v) is 12.9. The molecule has 2 rings (SSSR count). The molecule has 1 unspecified atom stereocenters. The summed E-state index contributed by atoms with van der Waals surface area (Å²) in [5, 5.41) is 12.5. The van der Waals surface area contributed by atoms with Crippen LogP contribution in [-0.2, 0) is 17.8 Å². The van der Waals surface area contributed by atoms with Crippen LogP contribution in [0.3, 0.4) is 0 Å². The Kier molecular flexibility index (Phi) is 5.55. The van der Waals surface area contributed by atoms with E-state index in [4.69, 9.17) is 4.74 Å². The molecule has 2 N–H and O–H groups in total. The predicted molar refractivity (Wildman–Crippen MR) is 86.1 cm³/mol. The van der Waals surface area contributed by atoms with Crippen LogP contribution >= 0.6 is 0 Å². The fourth-order valence-corrected chi connectivity index (χ4v) is 2.38. The van der Waals surface area contributed by atoms with Crippen molar-refractivity contribution in [2.45, 2.75) is 25.9 Å². The molecule has 0 saturated carbocycles. The van der Waals surface area contributed by atoms with Crippen molar-refractivity contribution in [2.24, 2.45) is 0 Å². The molecule has 0 aliphatic carbocycles. The molecule has 4 nitrogen and oxygen atoms in total. The number of ether oxygens (including phenoxy) is 1. The van der Waals surface area contributed by atoms with Gasteiger partial charge < -0.3 is 9.84 Å². The summed E-state index contributed by atoms with van der Waals surface area (Å²) in [6.07, 6.45) is 0.449. The molecule has 0 fully saturated rings. The Balaban J connectivity index is 2.06. The van der Waals surface area contributed by atoms with E-state index in [0.29, 0.717) is 13.0 Å². The number of hydrogen-bond donors (Lipinski definition) is 2. The highest BCUT2D eigenvalue weighted by molar-refractivity contribution is 5.73. The number of carbonyl (C=O) groups is 1. The van der Waals surface area contributed by atoms with E-state index in [1.54, 1.807) is 7.11 Å². The SMILES string of the molecule is COc1ccc(C)cc1CNC(Cc1ccccc1)C(=O)O. The number of carboxylic acid groups (broad SMARTS) is 1. The third-order valence-electron chi connectivity index (χ3n) is 3.56. The molecule has 2 aromatic carbocycles. The van der Waals surface area contributed by atoms with E-state index in [9.17, 15) is 9.90 Å². The maximum atomic E-state index is 11.5. The first kappa shape index (κ1) is 16.0. The van der Waals surface area contributed by atoms with Crippen molar-refractivity contribution >= 4 is 5.97 Å². The molecule has 0 aliphatic heterocycles. The summed E-state index contributed by atoms with van der Waals surface area (Å²) in [6.45, 7) is 2.45. The van der Waals surface area contributed by atoms with Gasteiger partial charge in [0.1, 0.15) is 11.8 Å². The summed E-state index contributed by atoms with van der Waals surface area (Å²) in [7, 11) is 1.62. The van der Waals surface area contributed by atoms with Gasteiger partial charge in [0, 0.05) is 12.1 Å². The van der Waals surface area contributed by atoms with Crippen LogP contribution in [0.25, 0.3) is 0 Å². The molecule has 4 heteroatoms. The fourth-order valence-electron chi connectivity index (χ4n) is 2.38. The first-order chi connectivity index (χ1) is 10.6. The van der Waals surface area contributed by atoms with Crippen LogP contribution in [0.2, 0.25) is 0 Å². The molecule has 0 radical (unpaired) electrons. The smallest absolute Gasteiger partial charge is 0.321 e. The van der Waals surface area contributed by atoms with Gasteiger partial charge in [0.15, 0.2) is 0 Å². The second-order valence-corrected chi connectivity index (χ2v) is 5.28. The number of aryl methyl sites for hydroxylation is 1. The minimum absolute atomic E-state index is 0.449. The van der Waals surface area contributed by atoms with Crippen LogP contribution in [-0.4, -0.2) is 24.2 Å². The predicted octanol–water partition coefficient (Wildman–Crippen LogP) is 2.79. The highest BCUT2D eigenvalue weighted by Crippen LogP contribution is 2.19. The van der Waals surface area contributed by atoms with Crippen LogP contribution in [0.1, 0.15) is 16.7 Å². The Morgan fingerprint density at radius 3 is 2.59 bits per heavy atom. The lowest BCUT2D eigenvalue weighted by molar-refractivity contribution is -0.139. The number of hydrogen-bond acceptors (Lipinski definition) is 3. The molecule has 2 aromatic rings. The highest BCUT2D eigenvalue weighted by Gasteiger charge is 2.18. The Hall–Kier alpha value is -2.33. The topological polar surface area (TPSA) is 58.6 Å². The van der Waals surface area contributed by atoms with Crippen LogP contribution < -0.4 is 10.1 Å². The zero-order chi connectivity index (χ0) is 15.9. The van der Waals surface area contributed by atoms with Crippen LogP contribution in [0.5, 0.6) is 5.75 Å². The van der Waals surface area contributed by atoms with Crippen molar-refractivity contribution in [1.29, 1.82) is 0 Å². The van der Waals surface area contributed by atoms with Crippen LogP contribution in [0, 0.1) is 6.92 Å². The van der Waals surface area contributed by atoms with E-state index in [-0.39, 0.29) is 0 Å². The number of nitrogens with one attached hydrogen (secondary N) is 1. The van der Waals surface area contributed by atoms with Gasteiger partial charge in [-0.3, -0.25) is 10.1 Å². The third-order valence-corrected chi connectivity index (χ3v) is 3.56. The molecule has 0 aliphatic rings. The monoisotopic (exact) mass is 299 g/mol. The summed E-state index contributed by atoms with van der Waals surface area (Å²) in [4.78, 5) is 11.5. The van der Waals surface area contributed by atoms with Gasteiger partial charge in [0.05, 0.1) is 7.11 Å². The molecule has 0 heterocycles. The molecular weight excluding hydrogens is 278 g/mol. The van der Waals surface area contributed by atoms with Crippen LogP contribution in [0.15, 0.2) is 48.5 Å². The standard InChI is InChI=1S/C18H21NO3/c1-13-8-9-17(22-2)15(10-13)12-19-16(18(20)21)11-14-6-4-3-5-7-14/h3-10,16,19H,11-12H2,1-2H3,(H,20,21). The largest absolute Gasteiger partial charge is 0.496 e. The Morgan fingerprint density at radius 1 is 1.23 bits per heavy atom. The van der Waals surface area contributed by atoms with Crippen molar-refractivity contribution in [1.82, 2.24) is 5.32 Å². The zero-order valence-electron chi connectivity index (χ0n) is 12.9. The quantitative estimate of drug-likeness (QED) is 0.825. The molecule has 0 spiro atoms. The van der Waals surface area contributed by atoms with Crippen LogP contribution in [0.4, 0.5) is 0 Å². The Morgan fingerprint density at radius 2 is 1.95 bits per heavy atom. The van der Waals surface area contributed by atoms with E-state index >= 15 is 0 Å². The van der Waals surface area contributed by atoms with Gasteiger partial charge >= 0.3 is 5.97 Å². The van der Waals surface area contributed by atoms with Gasteiger partial charge in [-0.15, -0.1) is 0 Å². The molecule has 0 saturated heterocycles. The Bertz CT molecular complexity index is 625. The van der Waals surface area contributed by atoms with Gasteiger partial charge in [-0.05, 0) is 25.0 Å². The lowest BCUT2D eigenvalue weighted by Gasteiger charge is -2.16. The minimum Gasteiger partial charge on any atom is -0.496 e. The van der Waals surface area contributed by atoms with Crippen molar-refractivity contribution in [2.75, 3.05) is 7.11 Å². The van der Waals surface area contributed by atoms with Gasteiger partial charge in [0.25, 0.3) is 0 Å². The summed E-state index contributed by atoms with van der Waals surface area (Å²) in [5.74, 6) is -0.0857. The molecular formula is C18H21NO3. The van der Waals surface area contributed by atoms with Gasteiger partial charge in [-0.1, -0.05) is 48.0 Å². The summed E-state index contributed by atoms with van der Waals surface area (Å²) >= 11 is 0. The number of carboxylic acids is 1. The first-order valence-electron chi connectivity index (χ1n) is 7.24. The second-order valence-electron chi connectivity index (χ2n) is 5.28. The third kappa shape index (κ3) is 4.33. The number of benzene rings is 2. The molecule has 116 valence electrons. The van der Waals surface area contributed by atoms with E-state index in [1.165, 1.54) is 0 Å². The fraction of sp³-hybridized carbons (Fsp3) is 0.278. The second kappa shape index (κ2) is 7.61. The van der Waals surface area contributed by atoms with E-state index < -0.39 is 12.0 Å². The van der Waals surface area contributed by atoms with Gasteiger partial charge in [-0.25, -0.2) is 0 Å². The molecule has 22 heavy (non-hydrogen) atoms. The molecule has 0 aromatic heterocycles. The van der Waals surface area contributed by atoms with Crippen molar-refractivity contribution in [3.63, 3.8) is 0 Å². The van der Waals surface area contributed by atoms with E-state index in [0.717, 1.165) is 22.4 Å². The van der Waals surface area contributed by atoms with E-state index in [2.05, 4.69) is 5.32 Å². The lowest BCUT2D eigenvalue weighted by atomic mass is 10.1. The van der Waals surface area contributed by atoms with Crippen molar-refractivity contribution in [3.8, 4) is 5.75 Å². The summed E-state index contributed by atoms with van der Waals surface area (Å²) < 4.78 is 5.32. The summed E-state index contributed by atoms with van der Waals surface area (Å²) in [6, 6.07) is 14.9. The average molecular weight is 299 g/mol. The highest BCUT2D eigenvalue weighted by atomic mass is 16.5. The van der Waals surface area contributed by atoms with Gasteiger partial charge in [-0.2, -0.15) is 0 Å². The lowest BCUT2D eigenvalue weighted by Crippen LogP contribution is -2.38. The van der Waals surface area contributed by atoms with E-state index in [1.807, 2.05) is 55.5 Å². The number of rotatable bonds is 7. The van der Waals surface area contributed by atoms with Crippen molar-refractivity contribution < 1.29 is 14.6 Å². The first-order valence-corrected chi connectivity index (χ1v) is 7.24. The van der Waals surface area contributed by atoms with Gasteiger partial charge in [0.2, 0.25) is 0 Å². The van der Waals surface area contributed by atoms with Crippen molar-refractivity contribution in [3.05, 3.63) is 65.2 Å². The average Bonchev–Trinajstić information content (AvgIpc) is 2.52. The summed E-state index contributed by atoms with van der Waals surface area (Å²) in [5.41, 5.74) is 3.08. The normalized spacial score (nSPS) is 11.9. The minimum atomic E-state index is -0.851. The number of methoxy groups -OCH3 is 1. The maximum absolute atomic E-state index is 11.5. The Labute approximate surface area is 130 Å². The number of aliphatic carboxylic acids is 1. The molecule has 0 bridgehead atoms. The molecule has 0 amide bonds.